The summed E-state index contributed by atoms with van der Waals surface area (Å²) in [6.45, 7) is 0.560. The van der Waals surface area contributed by atoms with Crippen molar-refractivity contribution in [3.8, 4) is 0 Å². The van der Waals surface area contributed by atoms with E-state index in [0.29, 0.717) is 6.54 Å². The highest BCUT2D eigenvalue weighted by Crippen LogP contribution is 2.11. The summed E-state index contributed by atoms with van der Waals surface area (Å²) in [7, 11) is 0. The Bertz CT molecular complexity index is 511. The van der Waals surface area contributed by atoms with E-state index >= 15 is 0 Å². The Morgan fingerprint density at radius 2 is 1.65 bits per heavy atom. The minimum atomic E-state index is -0.0288. The smallest absolute Gasteiger partial charge is 0.252 e. The third-order valence-corrected chi connectivity index (χ3v) is 3.36. The van der Waals surface area contributed by atoms with Gasteiger partial charge >= 0.3 is 0 Å². The summed E-state index contributed by atoms with van der Waals surface area (Å²) in [5.41, 5.74) is 1.83. The molecule has 2 nitrogen and oxygen atoms in total. The normalized spacial score (nSPS) is 9.94. The molecule has 2 aromatic rings. The van der Waals surface area contributed by atoms with Crippen molar-refractivity contribution in [3.63, 3.8) is 0 Å². The largest absolute Gasteiger partial charge is 0.348 e. The van der Waals surface area contributed by atoms with Crippen LogP contribution in [0.15, 0.2) is 54.6 Å². The molecule has 0 heterocycles. The molecule has 0 saturated carbocycles. The van der Waals surface area contributed by atoms with Crippen LogP contribution >= 0.6 is 22.6 Å². The van der Waals surface area contributed by atoms with E-state index in [-0.39, 0.29) is 5.91 Å². The molecule has 2 aromatic carbocycles. The second kappa shape index (κ2) is 5.82. The van der Waals surface area contributed by atoms with Crippen LogP contribution in [0.3, 0.4) is 0 Å². The van der Waals surface area contributed by atoms with Crippen LogP contribution in [0.5, 0.6) is 0 Å². The standard InChI is InChI=1S/C14H12INO/c15-13-9-5-4-8-12(13)14(17)16-10-11-6-2-1-3-7-11/h1-9H,10H2,(H,16,17). The molecule has 17 heavy (non-hydrogen) atoms. The molecular weight excluding hydrogens is 325 g/mol. The topological polar surface area (TPSA) is 29.1 Å². The molecule has 2 rings (SSSR count). The van der Waals surface area contributed by atoms with Crippen molar-refractivity contribution in [2.45, 2.75) is 6.54 Å². The molecule has 0 unspecified atom stereocenters. The lowest BCUT2D eigenvalue weighted by molar-refractivity contribution is 0.0950. The van der Waals surface area contributed by atoms with Crippen molar-refractivity contribution in [1.82, 2.24) is 5.32 Å². The Morgan fingerprint density at radius 3 is 2.35 bits per heavy atom. The lowest BCUT2D eigenvalue weighted by Gasteiger charge is -2.06. The van der Waals surface area contributed by atoms with E-state index in [4.69, 9.17) is 0 Å². The summed E-state index contributed by atoms with van der Waals surface area (Å²) in [5.74, 6) is -0.0288. The molecular formula is C14H12INO. The molecule has 86 valence electrons. The number of carbonyl (C=O) groups is 1. The summed E-state index contributed by atoms with van der Waals surface area (Å²) < 4.78 is 0.968. The number of benzene rings is 2. The maximum Gasteiger partial charge on any atom is 0.252 e. The lowest BCUT2D eigenvalue weighted by Crippen LogP contribution is -2.23. The third-order valence-electron chi connectivity index (χ3n) is 2.41. The van der Waals surface area contributed by atoms with Crippen molar-refractivity contribution >= 4 is 28.5 Å². The number of carbonyl (C=O) groups excluding carboxylic acids is 1. The van der Waals surface area contributed by atoms with E-state index in [2.05, 4.69) is 27.9 Å². The number of hydrogen-bond donors (Lipinski definition) is 1. The van der Waals surface area contributed by atoms with Gasteiger partial charge in [-0.2, -0.15) is 0 Å². The monoisotopic (exact) mass is 337 g/mol. The second-order valence-corrected chi connectivity index (χ2v) is 4.81. The second-order valence-electron chi connectivity index (χ2n) is 3.65. The molecule has 0 saturated heterocycles. The van der Waals surface area contributed by atoms with Gasteiger partial charge in [-0.05, 0) is 40.3 Å². The zero-order valence-corrected chi connectivity index (χ0v) is 11.3. The minimum absolute atomic E-state index is 0.0288. The number of amides is 1. The average Bonchev–Trinajstić information content (AvgIpc) is 2.38. The first-order chi connectivity index (χ1) is 8.27. The Kier molecular flexibility index (Phi) is 4.14. The van der Waals surface area contributed by atoms with Gasteiger partial charge < -0.3 is 5.32 Å². The van der Waals surface area contributed by atoms with Gasteiger partial charge in [0, 0.05) is 10.1 Å². The molecule has 0 spiro atoms. The lowest BCUT2D eigenvalue weighted by atomic mass is 10.2. The van der Waals surface area contributed by atoms with E-state index in [0.717, 1.165) is 14.7 Å². The fraction of sp³-hybridized carbons (Fsp3) is 0.0714. The zero-order chi connectivity index (χ0) is 12.1. The first-order valence-corrected chi connectivity index (χ1v) is 6.42. The zero-order valence-electron chi connectivity index (χ0n) is 9.19. The Balaban J connectivity index is 2.01. The first kappa shape index (κ1) is 12.1. The first-order valence-electron chi connectivity index (χ1n) is 5.34. The molecule has 0 fully saturated rings. The van der Waals surface area contributed by atoms with Crippen molar-refractivity contribution in [2.75, 3.05) is 0 Å². The van der Waals surface area contributed by atoms with Crippen molar-refractivity contribution in [3.05, 3.63) is 69.3 Å². The van der Waals surface area contributed by atoms with E-state index in [9.17, 15) is 4.79 Å². The van der Waals surface area contributed by atoms with Crippen LogP contribution in [0.25, 0.3) is 0 Å². The van der Waals surface area contributed by atoms with Gasteiger partial charge in [0.25, 0.3) is 5.91 Å². The molecule has 1 N–H and O–H groups in total. The Hall–Kier alpha value is -1.36. The predicted molar refractivity (Wildman–Crippen MR) is 76.8 cm³/mol. The van der Waals surface area contributed by atoms with Crippen molar-refractivity contribution in [1.29, 1.82) is 0 Å². The van der Waals surface area contributed by atoms with E-state index in [1.807, 2.05) is 54.6 Å². The Morgan fingerprint density at radius 1 is 1.00 bits per heavy atom. The number of rotatable bonds is 3. The third kappa shape index (κ3) is 3.30. The number of halogens is 1. The van der Waals surface area contributed by atoms with Crippen molar-refractivity contribution < 1.29 is 4.79 Å². The van der Waals surface area contributed by atoms with Crippen molar-refractivity contribution in [2.24, 2.45) is 0 Å². The van der Waals surface area contributed by atoms with E-state index < -0.39 is 0 Å². The van der Waals surface area contributed by atoms with Gasteiger partial charge in [-0.25, -0.2) is 0 Å². The van der Waals surface area contributed by atoms with Crippen LogP contribution in [0.2, 0.25) is 0 Å². The summed E-state index contributed by atoms with van der Waals surface area (Å²) in [5, 5.41) is 2.91. The van der Waals surface area contributed by atoms with Gasteiger partial charge in [0.15, 0.2) is 0 Å². The average molecular weight is 337 g/mol. The van der Waals surface area contributed by atoms with Crippen LogP contribution in [-0.2, 0) is 6.54 Å². The fourth-order valence-corrected chi connectivity index (χ4v) is 2.15. The summed E-state index contributed by atoms with van der Waals surface area (Å²) in [4.78, 5) is 11.9. The van der Waals surface area contributed by atoms with Gasteiger partial charge in [-0.3, -0.25) is 4.79 Å². The van der Waals surface area contributed by atoms with Crippen LogP contribution in [0.1, 0.15) is 15.9 Å². The maximum atomic E-state index is 11.9. The molecule has 3 heteroatoms. The minimum Gasteiger partial charge on any atom is -0.348 e. The molecule has 0 bridgehead atoms. The highest BCUT2D eigenvalue weighted by atomic mass is 127. The molecule has 0 aromatic heterocycles. The van der Waals surface area contributed by atoms with Gasteiger partial charge in [-0.15, -0.1) is 0 Å². The van der Waals surface area contributed by atoms with Gasteiger partial charge in [0.1, 0.15) is 0 Å². The molecule has 0 radical (unpaired) electrons. The molecule has 0 atom stereocenters. The molecule has 0 aliphatic rings. The number of nitrogens with one attached hydrogen (secondary N) is 1. The number of hydrogen-bond acceptors (Lipinski definition) is 1. The fourth-order valence-electron chi connectivity index (χ4n) is 1.52. The SMILES string of the molecule is O=C(NCc1ccccc1)c1ccccc1I. The Labute approximate surface area is 114 Å². The van der Waals surface area contributed by atoms with Crippen LogP contribution in [0, 0.1) is 3.57 Å². The summed E-state index contributed by atoms with van der Waals surface area (Å²) in [6.07, 6.45) is 0. The van der Waals surface area contributed by atoms with E-state index in [1.165, 1.54) is 0 Å². The van der Waals surface area contributed by atoms with Crippen LogP contribution in [0.4, 0.5) is 0 Å². The molecule has 1 amide bonds. The van der Waals surface area contributed by atoms with Crippen LogP contribution < -0.4 is 5.32 Å². The van der Waals surface area contributed by atoms with Gasteiger partial charge in [0.2, 0.25) is 0 Å². The molecule has 0 aliphatic heterocycles. The van der Waals surface area contributed by atoms with E-state index in [1.54, 1.807) is 0 Å². The van der Waals surface area contributed by atoms with Gasteiger partial charge in [0.05, 0.1) is 5.56 Å². The quantitative estimate of drug-likeness (QED) is 0.856. The maximum absolute atomic E-state index is 11.9. The summed E-state index contributed by atoms with van der Waals surface area (Å²) in [6, 6.07) is 17.5. The molecule has 0 aliphatic carbocycles. The summed E-state index contributed by atoms with van der Waals surface area (Å²) >= 11 is 2.17. The highest BCUT2D eigenvalue weighted by molar-refractivity contribution is 14.1. The predicted octanol–water partition coefficient (Wildman–Crippen LogP) is 3.22. The van der Waals surface area contributed by atoms with Crippen LogP contribution in [-0.4, -0.2) is 5.91 Å². The highest BCUT2D eigenvalue weighted by Gasteiger charge is 2.07. The van der Waals surface area contributed by atoms with Gasteiger partial charge in [-0.1, -0.05) is 42.5 Å².